The fraction of sp³-hybridized carbons (Fsp3) is 0. The van der Waals surface area contributed by atoms with E-state index in [0.717, 1.165) is 28.2 Å². The van der Waals surface area contributed by atoms with Gasteiger partial charge in [-0.1, -0.05) is 48.5 Å². The maximum atomic E-state index is 6.09. The Morgan fingerprint density at radius 2 is 1.50 bits per heavy atom. The molecule has 0 N–H and O–H groups in total. The van der Waals surface area contributed by atoms with Crippen LogP contribution in [0.25, 0.3) is 16.6 Å². The lowest BCUT2D eigenvalue weighted by Crippen LogP contribution is -1.97. The van der Waals surface area contributed by atoms with Crippen molar-refractivity contribution in [2.75, 3.05) is 0 Å². The summed E-state index contributed by atoms with van der Waals surface area (Å²) in [4.78, 5) is 0. The fourth-order valence-electron chi connectivity index (χ4n) is 2.61. The van der Waals surface area contributed by atoms with Crippen molar-refractivity contribution < 1.29 is 4.74 Å². The Bertz CT molecular complexity index is 895. The van der Waals surface area contributed by atoms with Crippen LogP contribution in [-0.4, -0.2) is 4.57 Å². The third kappa shape index (κ3) is 2.25. The zero-order valence-electron chi connectivity index (χ0n) is 11.9. The van der Waals surface area contributed by atoms with Gasteiger partial charge in [0.05, 0.1) is 5.52 Å². The number of hydrogen-bond donors (Lipinski definition) is 0. The minimum absolute atomic E-state index is 0.804. The summed E-state index contributed by atoms with van der Waals surface area (Å²) in [5.74, 6) is 1.61. The second kappa shape index (κ2) is 5.41. The van der Waals surface area contributed by atoms with E-state index < -0.39 is 0 Å². The van der Waals surface area contributed by atoms with Gasteiger partial charge < -0.3 is 4.74 Å². The molecule has 2 nitrogen and oxygen atoms in total. The molecule has 0 spiro atoms. The van der Waals surface area contributed by atoms with E-state index in [-0.39, 0.29) is 0 Å². The summed E-state index contributed by atoms with van der Waals surface area (Å²) in [6, 6.07) is 31.1. The maximum absolute atomic E-state index is 6.09. The van der Waals surface area contributed by atoms with E-state index in [0.29, 0.717) is 0 Å². The monoisotopic (exact) mass is 284 g/mol. The van der Waals surface area contributed by atoms with E-state index >= 15 is 0 Å². The largest absolute Gasteiger partial charge is 0.440 e. The van der Waals surface area contributed by atoms with Crippen molar-refractivity contribution in [3.05, 3.63) is 91.0 Å². The van der Waals surface area contributed by atoms with Crippen molar-refractivity contribution in [2.24, 2.45) is 0 Å². The van der Waals surface area contributed by atoms with Crippen molar-refractivity contribution in [3.63, 3.8) is 0 Å². The van der Waals surface area contributed by atoms with E-state index in [9.17, 15) is 0 Å². The average Bonchev–Trinajstić information content (AvgIpc) is 2.94. The van der Waals surface area contributed by atoms with Crippen molar-refractivity contribution in [3.8, 4) is 17.3 Å². The predicted octanol–water partition coefficient (Wildman–Crippen LogP) is 5.22. The molecule has 2 heteroatoms. The highest BCUT2D eigenvalue weighted by atomic mass is 16.5. The average molecular weight is 284 g/mol. The minimum Gasteiger partial charge on any atom is -0.440 e. The van der Waals surface area contributed by atoms with E-state index in [1.165, 1.54) is 0 Å². The van der Waals surface area contributed by atoms with Gasteiger partial charge in [0.2, 0.25) is 5.88 Å². The van der Waals surface area contributed by atoms with E-state index in [4.69, 9.17) is 4.74 Å². The van der Waals surface area contributed by atoms with Gasteiger partial charge in [0, 0.05) is 17.1 Å². The molecule has 0 aliphatic rings. The zero-order chi connectivity index (χ0) is 14.8. The maximum Gasteiger partial charge on any atom is 0.205 e. The van der Waals surface area contributed by atoms with Gasteiger partial charge in [-0.15, -0.1) is 0 Å². The minimum atomic E-state index is 0.804. The number of benzene rings is 3. The fourth-order valence-corrected chi connectivity index (χ4v) is 2.61. The molecule has 105 valence electrons. The van der Waals surface area contributed by atoms with Crippen LogP contribution in [0, 0.1) is 6.07 Å². The lowest BCUT2D eigenvalue weighted by Gasteiger charge is -2.11. The number of fused-ring (bicyclic) bond motifs is 1. The van der Waals surface area contributed by atoms with Crippen molar-refractivity contribution in [2.45, 2.75) is 0 Å². The molecule has 0 saturated carbocycles. The van der Waals surface area contributed by atoms with Crippen LogP contribution < -0.4 is 4.74 Å². The van der Waals surface area contributed by atoms with Gasteiger partial charge in [-0.25, -0.2) is 0 Å². The number of para-hydroxylation sites is 2. The smallest absolute Gasteiger partial charge is 0.205 e. The topological polar surface area (TPSA) is 14.2 Å². The molecule has 0 unspecified atom stereocenters. The number of nitrogens with zero attached hydrogens (tertiary/aromatic N) is 1. The highest BCUT2D eigenvalue weighted by molar-refractivity contribution is 5.84. The molecule has 0 atom stereocenters. The van der Waals surface area contributed by atoms with Crippen molar-refractivity contribution in [1.29, 1.82) is 0 Å². The molecule has 4 aromatic rings. The Morgan fingerprint density at radius 1 is 0.773 bits per heavy atom. The summed E-state index contributed by atoms with van der Waals surface area (Å²) in [6.07, 6.45) is 0. The third-order valence-corrected chi connectivity index (χ3v) is 3.60. The Balaban J connectivity index is 1.90. The first-order valence-electron chi connectivity index (χ1n) is 7.22. The van der Waals surface area contributed by atoms with E-state index in [1.54, 1.807) is 0 Å². The number of ether oxygens (including phenoxy) is 1. The summed E-state index contributed by atoms with van der Waals surface area (Å²) in [7, 11) is 0. The molecule has 0 aliphatic heterocycles. The molecule has 0 bridgehead atoms. The van der Waals surface area contributed by atoms with Gasteiger partial charge in [0.15, 0.2) is 0 Å². The number of hydrogen-bond acceptors (Lipinski definition) is 1. The molecule has 0 fully saturated rings. The normalized spacial score (nSPS) is 10.7. The lowest BCUT2D eigenvalue weighted by molar-refractivity contribution is 0.455. The van der Waals surface area contributed by atoms with Crippen LogP contribution in [0.3, 0.4) is 0 Å². The van der Waals surface area contributed by atoms with Crippen LogP contribution in [0.4, 0.5) is 0 Å². The molecule has 0 saturated heterocycles. The van der Waals surface area contributed by atoms with Gasteiger partial charge in [-0.05, 0) is 36.4 Å². The SMILES string of the molecule is [c]1ccc(Oc2cc3ccccc3n2-c2ccccc2)cc1. The Morgan fingerprint density at radius 3 is 2.32 bits per heavy atom. The first kappa shape index (κ1) is 12.7. The second-order valence-electron chi connectivity index (χ2n) is 5.05. The first-order chi connectivity index (χ1) is 10.9. The molecule has 0 amide bonds. The van der Waals surface area contributed by atoms with Crippen molar-refractivity contribution in [1.82, 2.24) is 4.57 Å². The van der Waals surface area contributed by atoms with Crippen LogP contribution in [0.5, 0.6) is 11.6 Å². The molecular formula is C20H14NO. The first-order valence-corrected chi connectivity index (χ1v) is 7.22. The highest BCUT2D eigenvalue weighted by Crippen LogP contribution is 2.32. The van der Waals surface area contributed by atoms with Gasteiger partial charge in [-0.2, -0.15) is 0 Å². The van der Waals surface area contributed by atoms with E-state index in [2.05, 4.69) is 41.0 Å². The van der Waals surface area contributed by atoms with Gasteiger partial charge in [-0.3, -0.25) is 4.57 Å². The third-order valence-electron chi connectivity index (χ3n) is 3.60. The molecule has 1 aromatic heterocycles. The van der Waals surface area contributed by atoms with Gasteiger partial charge in [0.1, 0.15) is 5.75 Å². The van der Waals surface area contributed by atoms with E-state index in [1.807, 2.05) is 54.6 Å². The highest BCUT2D eigenvalue weighted by Gasteiger charge is 2.11. The zero-order valence-corrected chi connectivity index (χ0v) is 11.9. The summed E-state index contributed by atoms with van der Waals surface area (Å²) in [5.41, 5.74) is 2.22. The molecule has 0 aliphatic carbocycles. The van der Waals surface area contributed by atoms with Gasteiger partial charge >= 0.3 is 0 Å². The van der Waals surface area contributed by atoms with Crippen LogP contribution in [-0.2, 0) is 0 Å². The number of rotatable bonds is 3. The standard InChI is InChI=1S/C20H14NO/c1-3-10-17(11-4-1)21-19-14-8-7-9-16(19)15-20(21)22-18-12-5-2-6-13-18/h1,3-15H. The summed E-state index contributed by atoms with van der Waals surface area (Å²) >= 11 is 0. The summed E-state index contributed by atoms with van der Waals surface area (Å²) < 4.78 is 8.22. The molecule has 3 aromatic carbocycles. The Hall–Kier alpha value is -3.00. The molecular weight excluding hydrogens is 270 g/mol. The second-order valence-corrected chi connectivity index (χ2v) is 5.05. The quantitative estimate of drug-likeness (QED) is 0.503. The van der Waals surface area contributed by atoms with Crippen LogP contribution in [0.1, 0.15) is 0 Å². The van der Waals surface area contributed by atoms with Gasteiger partial charge in [0.25, 0.3) is 0 Å². The van der Waals surface area contributed by atoms with Crippen molar-refractivity contribution >= 4 is 10.9 Å². The number of aromatic nitrogens is 1. The van der Waals surface area contributed by atoms with Crippen LogP contribution in [0.15, 0.2) is 84.9 Å². The predicted molar refractivity (Wildman–Crippen MR) is 88.6 cm³/mol. The molecule has 4 rings (SSSR count). The Kier molecular flexibility index (Phi) is 3.13. The molecule has 22 heavy (non-hydrogen) atoms. The molecule has 1 radical (unpaired) electrons. The Labute approximate surface area is 129 Å². The summed E-state index contributed by atoms with van der Waals surface area (Å²) in [6.45, 7) is 0. The summed E-state index contributed by atoms with van der Waals surface area (Å²) in [5, 5.41) is 1.16. The lowest BCUT2D eigenvalue weighted by atomic mass is 10.2. The molecule has 1 heterocycles. The van der Waals surface area contributed by atoms with Crippen LogP contribution in [0.2, 0.25) is 0 Å². The van der Waals surface area contributed by atoms with Crippen LogP contribution >= 0.6 is 0 Å².